The molecule has 0 fully saturated rings. The van der Waals surface area contributed by atoms with Crippen LogP contribution in [-0.2, 0) is 32.6 Å². The van der Waals surface area contributed by atoms with Gasteiger partial charge in [-0.2, -0.15) is 0 Å². The van der Waals surface area contributed by atoms with Crippen molar-refractivity contribution in [1.82, 2.24) is 10.2 Å². The number of carbonyl (C=O) groups excluding carboxylic acids is 2. The Kier molecular flexibility index (Phi) is 12.3. The van der Waals surface area contributed by atoms with E-state index in [1.807, 2.05) is 51.1 Å². The third-order valence-electron chi connectivity index (χ3n) is 7.91. The first-order valence-electron chi connectivity index (χ1n) is 15.2. The number of carbonyl (C=O) groups is 2. The molecule has 47 heavy (non-hydrogen) atoms. The van der Waals surface area contributed by atoms with Crippen molar-refractivity contribution >= 4 is 50.7 Å². The number of aryl methyl sites for hydroxylation is 1. The third-order valence-corrected chi connectivity index (χ3v) is 10.4. The molecule has 0 aliphatic carbocycles. The Morgan fingerprint density at radius 1 is 0.872 bits per heavy atom. The van der Waals surface area contributed by atoms with Gasteiger partial charge in [0.05, 0.1) is 17.7 Å². The Balaban J connectivity index is 1.84. The second-order valence-corrected chi connectivity index (χ2v) is 13.9. The van der Waals surface area contributed by atoms with Gasteiger partial charge in [-0.25, -0.2) is 8.42 Å². The molecule has 1 N–H and O–H groups in total. The lowest BCUT2D eigenvalue weighted by Gasteiger charge is -2.34. The summed E-state index contributed by atoms with van der Waals surface area (Å²) in [5, 5.41) is 3.65. The summed E-state index contributed by atoms with van der Waals surface area (Å²) in [7, 11) is -2.77. The van der Waals surface area contributed by atoms with Crippen LogP contribution in [0.5, 0.6) is 5.75 Å². The highest BCUT2D eigenvalue weighted by atomic mass is 35.5. The molecule has 2 amide bonds. The van der Waals surface area contributed by atoms with Crippen molar-refractivity contribution in [2.75, 3.05) is 18.0 Å². The Bertz CT molecular complexity index is 1750. The second kappa shape index (κ2) is 16.2. The number of hydrogen-bond acceptors (Lipinski definition) is 5. The molecule has 0 aliphatic rings. The molecule has 4 aromatic rings. The molecular weight excluding hydrogens is 657 g/mol. The lowest BCUT2D eigenvalue weighted by Crippen LogP contribution is -2.54. The largest absolute Gasteiger partial charge is 0.497 e. The van der Waals surface area contributed by atoms with Gasteiger partial charge in [-0.15, -0.1) is 0 Å². The Labute approximate surface area is 287 Å². The van der Waals surface area contributed by atoms with E-state index in [0.717, 1.165) is 15.4 Å². The van der Waals surface area contributed by atoms with Crippen LogP contribution >= 0.6 is 23.2 Å². The molecule has 11 heteroatoms. The second-order valence-electron chi connectivity index (χ2n) is 11.3. The summed E-state index contributed by atoms with van der Waals surface area (Å²) in [5.41, 5.74) is 2.47. The molecule has 248 valence electrons. The van der Waals surface area contributed by atoms with Crippen LogP contribution in [0, 0.1) is 6.92 Å². The van der Waals surface area contributed by atoms with Gasteiger partial charge in [-0.1, -0.05) is 84.2 Å². The monoisotopic (exact) mass is 695 g/mol. The Morgan fingerprint density at radius 3 is 2.06 bits per heavy atom. The maximum absolute atomic E-state index is 14.6. The maximum atomic E-state index is 14.6. The van der Waals surface area contributed by atoms with Crippen LogP contribution in [0.3, 0.4) is 0 Å². The summed E-state index contributed by atoms with van der Waals surface area (Å²) < 4.78 is 34.7. The highest BCUT2D eigenvalue weighted by Gasteiger charge is 2.35. The molecule has 0 bridgehead atoms. The highest BCUT2D eigenvalue weighted by molar-refractivity contribution is 7.92. The predicted molar refractivity (Wildman–Crippen MR) is 188 cm³/mol. The van der Waals surface area contributed by atoms with Crippen LogP contribution in [0.25, 0.3) is 0 Å². The number of ether oxygens (including phenoxy) is 1. The van der Waals surface area contributed by atoms with Crippen molar-refractivity contribution in [3.63, 3.8) is 0 Å². The number of amides is 2. The number of nitrogens with zero attached hydrogens (tertiary/aromatic N) is 2. The highest BCUT2D eigenvalue weighted by Crippen LogP contribution is 2.29. The molecule has 2 atom stereocenters. The number of sulfonamides is 1. The first-order valence-corrected chi connectivity index (χ1v) is 17.4. The van der Waals surface area contributed by atoms with E-state index in [2.05, 4.69) is 5.32 Å². The SMILES string of the molecule is CCC(C)NC(=O)C(Cc1ccccc1)N(Cc1c(Cl)cccc1Cl)C(=O)CN(c1ccc(C)cc1)S(=O)(=O)c1ccc(OC)cc1. The molecule has 2 unspecified atom stereocenters. The smallest absolute Gasteiger partial charge is 0.264 e. The molecular formula is C36H39Cl2N3O5S. The van der Waals surface area contributed by atoms with Crippen molar-refractivity contribution in [2.24, 2.45) is 0 Å². The molecule has 0 saturated heterocycles. The number of anilines is 1. The summed E-state index contributed by atoms with van der Waals surface area (Å²) in [6.45, 7) is 4.99. The van der Waals surface area contributed by atoms with Crippen LogP contribution in [0.4, 0.5) is 5.69 Å². The van der Waals surface area contributed by atoms with Gasteiger partial charge in [-0.3, -0.25) is 13.9 Å². The maximum Gasteiger partial charge on any atom is 0.264 e. The van der Waals surface area contributed by atoms with Crippen LogP contribution in [0.1, 0.15) is 37.0 Å². The molecule has 0 aromatic heterocycles. The average molecular weight is 697 g/mol. The zero-order valence-corrected chi connectivity index (χ0v) is 29.1. The third kappa shape index (κ3) is 9.06. The van der Waals surface area contributed by atoms with Crippen molar-refractivity contribution in [3.05, 3.63) is 124 Å². The van der Waals surface area contributed by atoms with E-state index >= 15 is 0 Å². The van der Waals surface area contributed by atoms with Crippen LogP contribution in [0.15, 0.2) is 102 Å². The minimum atomic E-state index is -4.26. The van der Waals surface area contributed by atoms with E-state index < -0.39 is 28.5 Å². The zero-order valence-electron chi connectivity index (χ0n) is 26.8. The number of rotatable bonds is 14. The summed E-state index contributed by atoms with van der Waals surface area (Å²) in [6.07, 6.45) is 0.849. The van der Waals surface area contributed by atoms with E-state index in [-0.39, 0.29) is 29.8 Å². The number of hydrogen-bond donors (Lipinski definition) is 1. The van der Waals surface area contributed by atoms with Crippen molar-refractivity contribution in [3.8, 4) is 5.75 Å². The number of nitrogens with one attached hydrogen (secondary N) is 1. The zero-order chi connectivity index (χ0) is 34.1. The minimum absolute atomic E-state index is 0.0253. The van der Waals surface area contributed by atoms with E-state index in [1.54, 1.807) is 54.6 Å². The average Bonchev–Trinajstić information content (AvgIpc) is 3.07. The first kappa shape index (κ1) is 35.8. The van der Waals surface area contributed by atoms with E-state index in [4.69, 9.17) is 27.9 Å². The standard InChI is InChI=1S/C36H39Cl2N3O5S/c1-5-26(3)39-36(43)34(22-27-10-7-6-8-11-27)40(23-31-32(37)12-9-13-33(31)38)35(42)24-41(28-16-14-25(2)15-17-28)47(44,45)30-20-18-29(46-4)19-21-30/h6-21,26,34H,5,22-24H2,1-4H3,(H,39,43). The van der Waals surface area contributed by atoms with Crippen molar-refractivity contribution < 1.29 is 22.7 Å². The van der Waals surface area contributed by atoms with E-state index in [1.165, 1.54) is 24.1 Å². The molecule has 0 aliphatic heterocycles. The van der Waals surface area contributed by atoms with Gasteiger partial charge in [0.25, 0.3) is 10.0 Å². The lowest BCUT2D eigenvalue weighted by molar-refractivity contribution is -0.140. The molecule has 4 aromatic carbocycles. The fourth-order valence-corrected chi connectivity index (χ4v) is 6.89. The van der Waals surface area contributed by atoms with Gasteiger partial charge >= 0.3 is 0 Å². The van der Waals surface area contributed by atoms with Crippen LogP contribution in [-0.4, -0.2) is 50.9 Å². The van der Waals surface area contributed by atoms with Gasteiger partial charge in [0, 0.05) is 34.6 Å². The Hall–Kier alpha value is -4.05. The van der Waals surface area contributed by atoms with E-state index in [0.29, 0.717) is 33.5 Å². The van der Waals surface area contributed by atoms with Crippen LogP contribution in [0.2, 0.25) is 10.0 Å². The molecule has 4 rings (SSSR count). The lowest BCUT2D eigenvalue weighted by atomic mass is 10.0. The fourth-order valence-electron chi connectivity index (χ4n) is 4.96. The van der Waals surface area contributed by atoms with Gasteiger partial charge < -0.3 is 15.0 Å². The van der Waals surface area contributed by atoms with Gasteiger partial charge in [0.15, 0.2) is 0 Å². The minimum Gasteiger partial charge on any atom is -0.497 e. The van der Waals surface area contributed by atoms with Gasteiger partial charge in [0.2, 0.25) is 11.8 Å². The van der Waals surface area contributed by atoms with Crippen molar-refractivity contribution in [2.45, 2.75) is 57.1 Å². The van der Waals surface area contributed by atoms with Crippen LogP contribution < -0.4 is 14.4 Å². The normalized spacial score (nSPS) is 12.6. The molecule has 8 nitrogen and oxygen atoms in total. The fraction of sp³-hybridized carbons (Fsp3) is 0.278. The number of methoxy groups -OCH3 is 1. The van der Waals surface area contributed by atoms with E-state index in [9.17, 15) is 18.0 Å². The topological polar surface area (TPSA) is 96.0 Å². The molecule has 0 heterocycles. The predicted octanol–water partition coefficient (Wildman–Crippen LogP) is 7.06. The summed E-state index contributed by atoms with van der Waals surface area (Å²) in [6, 6.07) is 25.9. The first-order chi connectivity index (χ1) is 22.4. The van der Waals surface area contributed by atoms with Gasteiger partial charge in [0.1, 0.15) is 18.3 Å². The molecule has 0 spiro atoms. The summed E-state index contributed by atoms with van der Waals surface area (Å²) >= 11 is 13.2. The van der Waals surface area contributed by atoms with Crippen molar-refractivity contribution in [1.29, 1.82) is 0 Å². The summed E-state index contributed by atoms with van der Waals surface area (Å²) in [4.78, 5) is 30.0. The van der Waals surface area contributed by atoms with Gasteiger partial charge in [-0.05, 0) is 74.4 Å². The molecule has 0 saturated carbocycles. The quantitative estimate of drug-likeness (QED) is 0.152. The molecule has 0 radical (unpaired) electrons. The number of halogens is 2. The Morgan fingerprint density at radius 2 is 1.49 bits per heavy atom. The summed E-state index contributed by atoms with van der Waals surface area (Å²) in [5.74, 6) is -0.501. The number of benzene rings is 4.